The Kier molecular flexibility index (Phi) is 7.71. The number of anilines is 1. The highest BCUT2D eigenvalue weighted by Gasteiger charge is 2.19. The molecule has 1 atom stereocenters. The number of hydrogen-bond donors (Lipinski definition) is 1. The van der Waals surface area contributed by atoms with Crippen molar-refractivity contribution < 1.29 is 22.3 Å². The first-order valence-corrected chi connectivity index (χ1v) is 12.8. The van der Waals surface area contributed by atoms with Crippen LogP contribution in [0.2, 0.25) is 0 Å². The normalized spacial score (nSPS) is 12.3. The van der Waals surface area contributed by atoms with Gasteiger partial charge in [0.15, 0.2) is 0 Å². The molecule has 0 aliphatic heterocycles. The van der Waals surface area contributed by atoms with Gasteiger partial charge in [0.1, 0.15) is 17.3 Å². The number of hydrogen-bond acceptors (Lipinski definition) is 5. The molecule has 0 radical (unpaired) electrons. The number of ether oxygens (including phenoxy) is 1. The quantitative estimate of drug-likeness (QED) is 0.452. The molecule has 6 nitrogen and oxygen atoms in total. The number of sulfonamides is 1. The van der Waals surface area contributed by atoms with Gasteiger partial charge in [0, 0.05) is 23.6 Å². The van der Waals surface area contributed by atoms with Crippen molar-refractivity contribution in [3.63, 3.8) is 0 Å². The van der Waals surface area contributed by atoms with Gasteiger partial charge in [0.2, 0.25) is 10.0 Å². The first kappa shape index (κ1) is 25.4. The lowest BCUT2D eigenvalue weighted by Gasteiger charge is -2.15. The van der Waals surface area contributed by atoms with Crippen LogP contribution in [0.3, 0.4) is 0 Å². The van der Waals surface area contributed by atoms with E-state index in [9.17, 15) is 17.6 Å². The largest absolute Gasteiger partial charge is 0.497 e. The summed E-state index contributed by atoms with van der Waals surface area (Å²) in [5, 5.41) is 0. The molecule has 1 heterocycles. The highest BCUT2D eigenvalue weighted by Crippen LogP contribution is 2.29. The fourth-order valence-corrected chi connectivity index (χ4v) is 4.35. The Morgan fingerprint density at radius 2 is 1.85 bits per heavy atom. The first-order valence-electron chi connectivity index (χ1n) is 10.9. The zero-order valence-electron chi connectivity index (χ0n) is 20.0. The zero-order valence-corrected chi connectivity index (χ0v) is 20.8. The van der Waals surface area contributed by atoms with Crippen molar-refractivity contribution in [2.24, 2.45) is 0 Å². The number of aromatic nitrogens is 1. The molecule has 0 aliphatic rings. The lowest BCUT2D eigenvalue weighted by molar-refractivity contribution is -0.120. The number of nitrogens with one attached hydrogen (secondary N) is 1. The minimum atomic E-state index is -3.60. The third-order valence-corrected chi connectivity index (χ3v) is 6.18. The van der Waals surface area contributed by atoms with Crippen LogP contribution < -0.4 is 9.46 Å². The van der Waals surface area contributed by atoms with Crippen LogP contribution in [0, 0.1) is 19.7 Å². The molecule has 1 N–H and O–H groups in total. The molecule has 3 rings (SSSR count). The van der Waals surface area contributed by atoms with Crippen molar-refractivity contribution in [3.8, 4) is 17.0 Å². The van der Waals surface area contributed by atoms with Gasteiger partial charge in [0.05, 0.1) is 24.7 Å². The topological polar surface area (TPSA) is 85.4 Å². The van der Waals surface area contributed by atoms with Crippen molar-refractivity contribution >= 4 is 21.5 Å². The molecule has 0 aliphatic carbocycles. The van der Waals surface area contributed by atoms with Crippen molar-refractivity contribution in [2.45, 2.75) is 39.5 Å². The smallest absolute Gasteiger partial charge is 0.229 e. The molecule has 0 spiro atoms. The molecular formula is C26H29FN2O4S. The van der Waals surface area contributed by atoms with Gasteiger partial charge in [-0.1, -0.05) is 19.1 Å². The average Bonchev–Trinajstić information content (AvgIpc) is 2.77. The van der Waals surface area contributed by atoms with E-state index in [-0.39, 0.29) is 17.9 Å². The number of carbonyl (C=O) groups is 1. The highest BCUT2D eigenvalue weighted by atomic mass is 32.2. The summed E-state index contributed by atoms with van der Waals surface area (Å²) in [7, 11) is -1.98. The molecular weight excluding hydrogens is 455 g/mol. The van der Waals surface area contributed by atoms with Crippen LogP contribution in [0.25, 0.3) is 11.3 Å². The minimum absolute atomic E-state index is 0.0448. The van der Waals surface area contributed by atoms with Gasteiger partial charge in [0.25, 0.3) is 0 Å². The van der Waals surface area contributed by atoms with Crippen LogP contribution in [-0.4, -0.2) is 32.6 Å². The van der Waals surface area contributed by atoms with E-state index < -0.39 is 21.8 Å². The van der Waals surface area contributed by atoms with Crippen LogP contribution in [0.15, 0.2) is 48.5 Å². The summed E-state index contributed by atoms with van der Waals surface area (Å²) in [6, 6.07) is 13.9. The Morgan fingerprint density at radius 1 is 1.12 bits per heavy atom. The predicted molar refractivity (Wildman–Crippen MR) is 132 cm³/mol. The second-order valence-electron chi connectivity index (χ2n) is 8.50. The number of carbonyl (C=O) groups excluding carboxylic acids is 1. The van der Waals surface area contributed by atoms with Crippen LogP contribution in [0.4, 0.5) is 10.1 Å². The number of ketones is 1. The average molecular weight is 485 g/mol. The van der Waals surface area contributed by atoms with E-state index in [1.807, 2.05) is 44.2 Å². The number of methoxy groups -OCH3 is 1. The third-order valence-electron chi connectivity index (χ3n) is 5.59. The summed E-state index contributed by atoms with van der Waals surface area (Å²) < 4.78 is 44.6. The number of aryl methyl sites for hydroxylation is 3. The molecule has 180 valence electrons. The van der Waals surface area contributed by atoms with Gasteiger partial charge in [-0.05, 0) is 73.4 Å². The molecule has 0 saturated heterocycles. The summed E-state index contributed by atoms with van der Waals surface area (Å²) in [5.74, 6) is -0.565. The van der Waals surface area contributed by atoms with Gasteiger partial charge >= 0.3 is 0 Å². The second kappa shape index (κ2) is 10.3. The predicted octanol–water partition coefficient (Wildman–Crippen LogP) is 5.19. The summed E-state index contributed by atoms with van der Waals surface area (Å²) in [4.78, 5) is 17.7. The van der Waals surface area contributed by atoms with E-state index in [1.54, 1.807) is 20.1 Å². The Labute approximate surface area is 200 Å². The number of Topliss-reactive ketones (excluding diaryl/α,β-unsaturated/α-hetero) is 1. The van der Waals surface area contributed by atoms with E-state index in [4.69, 9.17) is 9.72 Å². The van der Waals surface area contributed by atoms with Crippen LogP contribution in [-0.2, 0) is 21.2 Å². The maximum atomic E-state index is 14.4. The molecule has 0 bridgehead atoms. The maximum absolute atomic E-state index is 14.4. The van der Waals surface area contributed by atoms with Crippen molar-refractivity contribution in [1.82, 2.24) is 4.98 Å². The van der Waals surface area contributed by atoms with Crippen molar-refractivity contribution in [1.29, 1.82) is 0 Å². The second-order valence-corrected chi connectivity index (χ2v) is 10.2. The molecule has 1 unspecified atom stereocenters. The number of benzene rings is 2. The maximum Gasteiger partial charge on any atom is 0.229 e. The molecule has 1 aromatic heterocycles. The number of rotatable bonds is 9. The Morgan fingerprint density at radius 3 is 2.50 bits per heavy atom. The lowest BCUT2D eigenvalue weighted by Crippen LogP contribution is -2.13. The molecule has 8 heteroatoms. The molecule has 3 aromatic rings. The first-order chi connectivity index (χ1) is 16.0. The fraction of sp³-hybridized carbons (Fsp3) is 0.308. The van der Waals surface area contributed by atoms with E-state index in [0.29, 0.717) is 12.0 Å². The van der Waals surface area contributed by atoms with Crippen molar-refractivity contribution in [3.05, 3.63) is 76.7 Å². The van der Waals surface area contributed by atoms with Gasteiger partial charge in [-0.2, -0.15) is 0 Å². The fourth-order valence-electron chi connectivity index (χ4n) is 3.78. The van der Waals surface area contributed by atoms with E-state index in [1.165, 1.54) is 12.1 Å². The lowest BCUT2D eigenvalue weighted by atomic mass is 9.91. The molecule has 0 fully saturated rings. The van der Waals surface area contributed by atoms with E-state index in [0.717, 1.165) is 40.1 Å². The minimum Gasteiger partial charge on any atom is -0.497 e. The molecule has 0 amide bonds. The van der Waals surface area contributed by atoms with E-state index in [2.05, 4.69) is 4.72 Å². The summed E-state index contributed by atoms with van der Waals surface area (Å²) in [6.07, 6.45) is 1.69. The van der Waals surface area contributed by atoms with Gasteiger partial charge in [-0.25, -0.2) is 12.8 Å². The summed E-state index contributed by atoms with van der Waals surface area (Å²) >= 11 is 0. The number of halogens is 1. The third kappa shape index (κ3) is 6.41. The summed E-state index contributed by atoms with van der Waals surface area (Å²) in [5.41, 5.74) is 4.94. The van der Waals surface area contributed by atoms with Crippen LogP contribution in [0.5, 0.6) is 5.75 Å². The highest BCUT2D eigenvalue weighted by molar-refractivity contribution is 7.92. The van der Waals surface area contributed by atoms with Gasteiger partial charge in [-0.15, -0.1) is 0 Å². The van der Waals surface area contributed by atoms with Crippen molar-refractivity contribution in [2.75, 3.05) is 18.1 Å². The van der Waals surface area contributed by atoms with E-state index >= 15 is 0 Å². The molecule has 2 aromatic carbocycles. The van der Waals surface area contributed by atoms with Gasteiger partial charge < -0.3 is 4.74 Å². The van der Waals surface area contributed by atoms with Crippen LogP contribution in [0.1, 0.15) is 41.6 Å². The van der Waals surface area contributed by atoms with Gasteiger partial charge in [-0.3, -0.25) is 14.5 Å². The molecule has 0 saturated carbocycles. The zero-order chi connectivity index (χ0) is 25.0. The Bertz CT molecular complexity index is 1320. The monoisotopic (exact) mass is 484 g/mol. The number of pyridine rings is 1. The number of nitrogens with zero attached hydrogens (tertiary/aromatic N) is 1. The Hall–Kier alpha value is -3.26. The molecule has 34 heavy (non-hydrogen) atoms. The van der Waals surface area contributed by atoms with Crippen LogP contribution >= 0.6 is 0 Å². The standard InChI is InChI=1S/C26H29FN2O4S/c1-16-12-21(14-22(13-16)33-4)26-19(7-6-17(2)28-26)9-11-25(30)18(3)20-8-10-24(23(27)15-20)29-34(5,31)32/h6-8,10,12-15,18,29H,9,11H2,1-5H3. The Balaban J connectivity index is 1.79. The summed E-state index contributed by atoms with van der Waals surface area (Å²) in [6.45, 7) is 5.63. The SMILES string of the molecule is COc1cc(C)cc(-c2nc(C)ccc2CCC(=O)C(C)c2ccc(NS(C)(=O)=O)c(F)c2)c1.